The van der Waals surface area contributed by atoms with E-state index < -0.39 is 168 Å². The van der Waals surface area contributed by atoms with Crippen molar-refractivity contribution in [2.24, 2.45) is 40.9 Å². The van der Waals surface area contributed by atoms with Gasteiger partial charge in [0, 0.05) is 42.4 Å². The normalized spacial score (nSPS) is 32.5. The van der Waals surface area contributed by atoms with E-state index >= 15 is 9.59 Å². The molecule has 127 heavy (non-hydrogen) atoms. The fourth-order valence-electron chi connectivity index (χ4n) is 18.0. The Balaban J connectivity index is 0.847. The second kappa shape index (κ2) is 43.1. The van der Waals surface area contributed by atoms with Crippen molar-refractivity contribution in [2.45, 2.75) is 438 Å². The van der Waals surface area contributed by atoms with Crippen LogP contribution in [-0.4, -0.2) is 206 Å². The van der Waals surface area contributed by atoms with Gasteiger partial charge in [-0.25, -0.2) is 0 Å². The molecule has 3 aromatic rings. The van der Waals surface area contributed by atoms with Crippen molar-refractivity contribution in [3.05, 3.63) is 108 Å². The number of ether oxygens (including phenoxy) is 16. The smallest absolute Gasteiger partial charge is 0.308 e. The number of carbonyl (C=O) groups excluding carboxylic acids is 2. The Hall–Kier alpha value is -3.74. The minimum atomic E-state index is -2.66. The Labute approximate surface area is 768 Å². The van der Waals surface area contributed by atoms with E-state index in [0.29, 0.717) is 45.9 Å². The van der Waals surface area contributed by atoms with Crippen LogP contribution in [0.15, 0.2) is 91.0 Å². The first kappa shape index (κ1) is 105. The van der Waals surface area contributed by atoms with Crippen molar-refractivity contribution >= 4 is 51.1 Å². The SMILES string of the molecule is CC[C@H](C)[C@H](C[C@@H](CC(=O)O[C@H]1C(C)O[C@H](OC(C)=N)C(O[C@@H]2O[C@H](C)[C@H](O[C@@H]3OC[C@@H](OCc4ccccc4)C(O[C@@H]4OC[C@]5(COCc6ccccc6)C[C@@H](c6ccccc6)CC45)C3C)C3OC(C)(C)OC32)C1C)O[Si](C)(C)C(C)(C)C)OC(=O)C[C@H](C[C@H](O[C@@H]1O[C@@H](CO[Si](C)(C)C(C)(C)C)C(O[Si](C)(C)C(C)(C)C)C1C)[C@@H](C)CC)O[Si](C)(C)C(C)(C)C. The number of nitrogens with one attached hydrogen (secondary N) is 1. The molecule has 1 aliphatic carbocycles. The molecule has 7 fully saturated rings. The highest BCUT2D eigenvalue weighted by molar-refractivity contribution is 6.75. The number of hydrogen-bond donors (Lipinski definition) is 1. The summed E-state index contributed by atoms with van der Waals surface area (Å²) >= 11 is 0. The lowest BCUT2D eigenvalue weighted by Gasteiger charge is -2.48. The fraction of sp³-hybridized carbons (Fsp3) is 0.790. The Bertz CT molecular complexity index is 3930. The first-order valence-electron chi connectivity index (χ1n) is 47.8. The van der Waals surface area contributed by atoms with Crippen LogP contribution in [0.3, 0.4) is 0 Å². The van der Waals surface area contributed by atoms with Gasteiger partial charge in [-0.05, 0) is 154 Å². The van der Waals surface area contributed by atoms with Crippen LogP contribution in [0.1, 0.15) is 240 Å². The van der Waals surface area contributed by atoms with Crippen LogP contribution in [0, 0.1) is 46.3 Å². The molecule has 0 bridgehead atoms. The lowest BCUT2D eigenvalue weighted by atomic mass is 9.80. The van der Waals surface area contributed by atoms with Crippen LogP contribution < -0.4 is 0 Å². The Kier molecular flexibility index (Phi) is 35.7. The van der Waals surface area contributed by atoms with E-state index in [2.05, 4.69) is 232 Å². The van der Waals surface area contributed by atoms with Gasteiger partial charge in [0.05, 0.1) is 95.2 Å². The van der Waals surface area contributed by atoms with Crippen LogP contribution in [0.5, 0.6) is 0 Å². The standard InChI is InChI=1S/C100H167NO22Si4/c1-33-62(3)77(112-81(102)53-75(122-126(29,30)97(17,18)19)52-78(63(4)34-2)113-91-66(7)85(123-127(31,32)98(20,21)22)80(114-91)59-108-124(25,26)95(11,12)13)51-74(121-125(27,28)96(14,15)16)54-82(103)115-83-64(5)86(93(109-67(83)8)111-69(10)101)117-94-89-88(119-99(23,24)120-89)87(68(9)110-94)118-90-65(6)84(79(58-106-90)105-57-71-46-40-36-41-47-71)116-92-76-50-73(72-48-42-37-43-49-72)55-100(76,61-107-92)60-104-56-70-44-38-35-39-45-70/h35-49,62-68,73-80,83-94,101H,33-34,50-61H2,1-32H3/t62-,63-,64?,65?,66?,67?,68+,73-,74-,75-,76?,77-,78-,79+,80-,83+,84?,85?,86?,87-,88?,89?,90-,91+,92-,93+,94-,100+/m0/s1. The van der Waals surface area contributed by atoms with Crippen molar-refractivity contribution in [1.29, 1.82) is 5.41 Å². The van der Waals surface area contributed by atoms with Crippen LogP contribution >= 0.6 is 0 Å². The summed E-state index contributed by atoms with van der Waals surface area (Å²) in [6.07, 6.45) is -10.1. The number of esters is 2. The third-order valence-electron chi connectivity index (χ3n) is 30.5. The topological polar surface area (TPSA) is 243 Å². The van der Waals surface area contributed by atoms with Crippen molar-refractivity contribution in [3.63, 3.8) is 0 Å². The van der Waals surface area contributed by atoms with Gasteiger partial charge in [0.15, 0.2) is 70.1 Å². The highest BCUT2D eigenvalue weighted by atomic mass is 28.4. The van der Waals surface area contributed by atoms with Crippen molar-refractivity contribution in [2.75, 3.05) is 26.4 Å². The van der Waals surface area contributed by atoms with Gasteiger partial charge in [-0.2, -0.15) is 0 Å². The monoisotopic (exact) mass is 1850 g/mol. The van der Waals surface area contributed by atoms with Gasteiger partial charge in [-0.15, -0.1) is 0 Å². The van der Waals surface area contributed by atoms with E-state index in [-0.39, 0.29) is 105 Å². The molecule has 720 valence electrons. The summed E-state index contributed by atoms with van der Waals surface area (Å²) < 4.78 is 139. The van der Waals surface area contributed by atoms with Crippen molar-refractivity contribution in [1.82, 2.24) is 0 Å². The maximum atomic E-state index is 15.3. The minimum Gasteiger partial charge on any atom is -0.462 e. The van der Waals surface area contributed by atoms with E-state index in [0.717, 1.165) is 30.4 Å². The Morgan fingerprint density at radius 1 is 0.535 bits per heavy atom. The summed E-state index contributed by atoms with van der Waals surface area (Å²) in [4.78, 5) is 30.5. The third-order valence-corrected chi connectivity index (χ3v) is 48.6. The lowest BCUT2D eigenvalue weighted by Crippen LogP contribution is -2.62. The molecule has 10 rings (SSSR count). The summed E-state index contributed by atoms with van der Waals surface area (Å²) in [5.41, 5.74) is 3.15. The average Bonchev–Trinajstić information content (AvgIpc) is 1.49. The van der Waals surface area contributed by atoms with Gasteiger partial charge < -0.3 is 93.5 Å². The molecular weight excluding hydrogens is 1680 g/mol. The highest BCUT2D eigenvalue weighted by Gasteiger charge is 2.62. The highest BCUT2D eigenvalue weighted by Crippen LogP contribution is 2.58. The molecule has 7 aliphatic rings. The van der Waals surface area contributed by atoms with Gasteiger partial charge in [0.2, 0.25) is 6.29 Å². The predicted octanol–water partition coefficient (Wildman–Crippen LogP) is 21.5. The molecule has 28 atom stereocenters. The van der Waals surface area contributed by atoms with Gasteiger partial charge in [0.1, 0.15) is 48.8 Å². The van der Waals surface area contributed by atoms with Crippen LogP contribution in [-0.2, 0) is 116 Å². The number of fused-ring (bicyclic) bond motifs is 2. The number of hydrogen-bond acceptors (Lipinski definition) is 23. The van der Waals surface area contributed by atoms with Crippen LogP contribution in [0.4, 0.5) is 0 Å². The van der Waals surface area contributed by atoms with E-state index in [4.69, 9.17) is 98.9 Å². The van der Waals surface area contributed by atoms with E-state index in [1.807, 2.05) is 71.0 Å². The first-order chi connectivity index (χ1) is 59.1. The molecule has 1 saturated carbocycles. The molecule has 0 spiro atoms. The van der Waals surface area contributed by atoms with Gasteiger partial charge in [-0.3, -0.25) is 15.0 Å². The van der Waals surface area contributed by atoms with E-state index in [9.17, 15) is 0 Å². The molecule has 0 amide bonds. The maximum Gasteiger partial charge on any atom is 0.308 e. The molecule has 0 aromatic heterocycles. The zero-order valence-corrected chi connectivity index (χ0v) is 87.6. The second-order valence-corrected chi connectivity index (χ2v) is 64.1. The quantitative estimate of drug-likeness (QED) is 0.0241. The average molecular weight is 1850 g/mol. The molecule has 6 heterocycles. The zero-order valence-electron chi connectivity index (χ0n) is 83.6. The molecule has 1 N–H and O–H groups in total. The zero-order chi connectivity index (χ0) is 93.7. The van der Waals surface area contributed by atoms with Crippen molar-refractivity contribution < 1.29 is 103 Å². The van der Waals surface area contributed by atoms with Gasteiger partial charge in [-0.1, -0.05) is 235 Å². The second-order valence-electron chi connectivity index (χ2n) is 45.0. The Morgan fingerprint density at radius 2 is 1.04 bits per heavy atom. The minimum absolute atomic E-state index is 0.00205. The summed E-state index contributed by atoms with van der Waals surface area (Å²) in [6, 6.07) is 31.2. The van der Waals surface area contributed by atoms with Crippen molar-refractivity contribution in [3.8, 4) is 0 Å². The molecule has 6 saturated heterocycles. The van der Waals surface area contributed by atoms with Gasteiger partial charge in [0.25, 0.3) is 0 Å². The lowest BCUT2D eigenvalue weighted by molar-refractivity contribution is -0.357. The predicted molar refractivity (Wildman–Crippen MR) is 504 cm³/mol. The van der Waals surface area contributed by atoms with Crippen LogP contribution in [0.2, 0.25) is 72.5 Å². The molecule has 23 nitrogen and oxygen atoms in total. The molecular formula is C100H167NO22Si4. The van der Waals surface area contributed by atoms with Crippen LogP contribution in [0.25, 0.3) is 0 Å². The first-order valence-corrected chi connectivity index (χ1v) is 59.5. The molecule has 0 radical (unpaired) electrons. The number of rotatable bonds is 40. The number of benzene rings is 3. The fourth-order valence-corrected chi connectivity index (χ4v) is 23.1. The summed E-state index contributed by atoms with van der Waals surface area (Å²) in [6.45, 7) is 70.8. The largest absolute Gasteiger partial charge is 0.462 e. The molecule has 3 aromatic carbocycles. The molecule has 10 unspecified atom stereocenters. The van der Waals surface area contributed by atoms with Gasteiger partial charge >= 0.3 is 11.9 Å². The molecule has 6 aliphatic heterocycles. The molecule has 27 heteroatoms. The maximum absolute atomic E-state index is 15.3. The van der Waals surface area contributed by atoms with E-state index in [1.165, 1.54) is 12.5 Å². The summed E-state index contributed by atoms with van der Waals surface area (Å²) in [5.74, 6) is -3.06. The third kappa shape index (κ3) is 26.7. The summed E-state index contributed by atoms with van der Waals surface area (Å²) in [7, 11) is -9.69. The van der Waals surface area contributed by atoms with E-state index in [1.54, 1.807) is 0 Å². The Morgan fingerprint density at radius 3 is 1.61 bits per heavy atom. The number of carbonyl (C=O) groups is 2. The summed E-state index contributed by atoms with van der Waals surface area (Å²) in [5, 5.41) is 8.17.